The summed E-state index contributed by atoms with van der Waals surface area (Å²) in [6, 6.07) is 0. The van der Waals surface area contributed by atoms with E-state index in [1.54, 1.807) is 0 Å². The van der Waals surface area contributed by atoms with E-state index in [1.165, 1.54) is 5.56 Å². The lowest BCUT2D eigenvalue weighted by atomic mass is 10.2. The molecule has 0 amide bonds. The number of aromatic nitrogens is 2. The molecule has 1 aliphatic rings. The highest BCUT2D eigenvalue weighted by Crippen LogP contribution is 2.24. The van der Waals surface area contributed by atoms with Crippen LogP contribution in [-0.4, -0.2) is 16.4 Å². The lowest BCUT2D eigenvalue weighted by molar-refractivity contribution is 0.174. The molecular formula is C9H14N2O. The molecule has 1 unspecified atom stereocenters. The van der Waals surface area contributed by atoms with Crippen molar-refractivity contribution in [3.8, 4) is 5.88 Å². The molecule has 2 rings (SSSR count). The van der Waals surface area contributed by atoms with Gasteiger partial charge in [0, 0.05) is 11.5 Å². The van der Waals surface area contributed by atoms with E-state index >= 15 is 0 Å². The third-order valence-electron chi connectivity index (χ3n) is 2.23. The van der Waals surface area contributed by atoms with Crippen molar-refractivity contribution in [2.75, 3.05) is 6.61 Å². The topological polar surface area (TPSA) is 27.1 Å². The summed E-state index contributed by atoms with van der Waals surface area (Å²) in [5.74, 6) is 1.57. The Bertz CT molecular complexity index is 280. The zero-order chi connectivity index (χ0) is 8.55. The number of aryl methyl sites for hydroxylation is 1. The number of fused-ring (bicyclic) bond motifs is 1. The second kappa shape index (κ2) is 2.81. The molecule has 0 N–H and O–H groups in total. The first kappa shape index (κ1) is 7.65. The van der Waals surface area contributed by atoms with Crippen LogP contribution in [0.2, 0.25) is 0 Å². The van der Waals surface area contributed by atoms with Gasteiger partial charge < -0.3 is 4.74 Å². The summed E-state index contributed by atoms with van der Waals surface area (Å²) in [6.07, 6.45) is 2.91. The molecule has 1 aliphatic heterocycles. The molecule has 0 aromatic carbocycles. The lowest BCUT2D eigenvalue weighted by Gasteiger charge is -2.21. The summed E-state index contributed by atoms with van der Waals surface area (Å²) in [5, 5.41) is 4.27. The van der Waals surface area contributed by atoms with Crippen molar-refractivity contribution < 1.29 is 4.74 Å². The molecule has 0 radical (unpaired) electrons. The van der Waals surface area contributed by atoms with Crippen LogP contribution in [-0.2, 0) is 13.0 Å². The van der Waals surface area contributed by atoms with Gasteiger partial charge in [-0.25, -0.2) is 4.68 Å². The Hall–Kier alpha value is -0.990. The molecule has 0 bridgehead atoms. The van der Waals surface area contributed by atoms with Crippen molar-refractivity contribution in [1.29, 1.82) is 0 Å². The average molecular weight is 166 g/mol. The Morgan fingerprint density at radius 3 is 3.33 bits per heavy atom. The molecule has 66 valence electrons. The Kier molecular flexibility index (Phi) is 1.79. The molecule has 3 heteroatoms. The van der Waals surface area contributed by atoms with Crippen LogP contribution < -0.4 is 4.74 Å². The van der Waals surface area contributed by atoms with Crippen molar-refractivity contribution in [3.63, 3.8) is 0 Å². The Balaban J connectivity index is 2.32. The second-order valence-electron chi connectivity index (χ2n) is 3.43. The van der Waals surface area contributed by atoms with Crippen molar-refractivity contribution in [2.45, 2.75) is 26.8 Å². The van der Waals surface area contributed by atoms with Gasteiger partial charge in [0.15, 0.2) is 0 Å². The fourth-order valence-electron chi connectivity index (χ4n) is 1.52. The van der Waals surface area contributed by atoms with Crippen LogP contribution in [0.15, 0.2) is 6.20 Å². The third-order valence-corrected chi connectivity index (χ3v) is 2.23. The Morgan fingerprint density at radius 2 is 2.58 bits per heavy atom. The van der Waals surface area contributed by atoms with Crippen LogP contribution >= 0.6 is 0 Å². The van der Waals surface area contributed by atoms with Crippen molar-refractivity contribution >= 4 is 0 Å². The normalized spacial score (nSPS) is 21.7. The number of hydrogen-bond donors (Lipinski definition) is 0. The zero-order valence-corrected chi connectivity index (χ0v) is 7.58. The lowest BCUT2D eigenvalue weighted by Crippen LogP contribution is -2.23. The SMILES string of the molecule is CCc1cnn2c1OCC(C)C2. The highest BCUT2D eigenvalue weighted by molar-refractivity contribution is 5.24. The molecular weight excluding hydrogens is 152 g/mol. The van der Waals surface area contributed by atoms with E-state index in [-0.39, 0.29) is 0 Å². The first-order valence-electron chi connectivity index (χ1n) is 4.48. The minimum atomic E-state index is 0.585. The predicted octanol–water partition coefficient (Wildman–Crippen LogP) is 1.47. The molecule has 3 nitrogen and oxygen atoms in total. The maximum absolute atomic E-state index is 5.60. The van der Waals surface area contributed by atoms with Crippen LogP contribution in [0.3, 0.4) is 0 Å². The van der Waals surface area contributed by atoms with Crippen LogP contribution in [0, 0.1) is 5.92 Å². The molecule has 0 saturated carbocycles. The third kappa shape index (κ3) is 1.09. The largest absolute Gasteiger partial charge is 0.477 e. The molecule has 0 aliphatic carbocycles. The Morgan fingerprint density at radius 1 is 1.75 bits per heavy atom. The summed E-state index contributed by atoms with van der Waals surface area (Å²) in [6.45, 7) is 6.13. The van der Waals surface area contributed by atoms with Crippen LogP contribution in [0.1, 0.15) is 19.4 Å². The van der Waals surface area contributed by atoms with Gasteiger partial charge >= 0.3 is 0 Å². The van der Waals surface area contributed by atoms with E-state index < -0.39 is 0 Å². The van der Waals surface area contributed by atoms with E-state index in [0.29, 0.717) is 5.92 Å². The van der Waals surface area contributed by atoms with Crippen molar-refractivity contribution in [2.24, 2.45) is 5.92 Å². The van der Waals surface area contributed by atoms with Gasteiger partial charge in [0.2, 0.25) is 5.88 Å². The second-order valence-corrected chi connectivity index (χ2v) is 3.43. The quantitative estimate of drug-likeness (QED) is 0.631. The number of rotatable bonds is 1. The summed E-state index contributed by atoms with van der Waals surface area (Å²) in [7, 11) is 0. The first-order valence-corrected chi connectivity index (χ1v) is 4.48. The molecule has 1 aromatic rings. The zero-order valence-electron chi connectivity index (χ0n) is 7.58. The maximum Gasteiger partial charge on any atom is 0.215 e. The van der Waals surface area contributed by atoms with E-state index in [4.69, 9.17) is 4.74 Å². The molecule has 1 atom stereocenters. The first-order chi connectivity index (χ1) is 5.81. The van der Waals surface area contributed by atoms with Gasteiger partial charge in [0.05, 0.1) is 19.3 Å². The van der Waals surface area contributed by atoms with Gasteiger partial charge in [-0.15, -0.1) is 0 Å². The molecule has 0 spiro atoms. The van der Waals surface area contributed by atoms with Gasteiger partial charge in [-0.3, -0.25) is 0 Å². The van der Waals surface area contributed by atoms with E-state index in [9.17, 15) is 0 Å². The number of ether oxygens (including phenoxy) is 1. The smallest absolute Gasteiger partial charge is 0.215 e. The fraction of sp³-hybridized carbons (Fsp3) is 0.667. The van der Waals surface area contributed by atoms with E-state index in [1.807, 2.05) is 10.9 Å². The molecule has 0 saturated heterocycles. The average Bonchev–Trinajstić information content (AvgIpc) is 2.46. The van der Waals surface area contributed by atoms with E-state index in [2.05, 4.69) is 18.9 Å². The standard InChI is InChI=1S/C9H14N2O/c1-3-8-4-10-11-5-7(2)6-12-9(8)11/h4,7H,3,5-6H2,1-2H3. The number of nitrogens with zero attached hydrogens (tertiary/aromatic N) is 2. The van der Waals surface area contributed by atoms with Gasteiger partial charge in [-0.05, 0) is 6.42 Å². The number of hydrogen-bond acceptors (Lipinski definition) is 2. The minimum absolute atomic E-state index is 0.585. The van der Waals surface area contributed by atoms with Gasteiger partial charge in [-0.2, -0.15) is 5.10 Å². The highest BCUT2D eigenvalue weighted by Gasteiger charge is 2.19. The van der Waals surface area contributed by atoms with Crippen LogP contribution in [0.4, 0.5) is 0 Å². The molecule has 0 fully saturated rings. The van der Waals surface area contributed by atoms with Crippen LogP contribution in [0.25, 0.3) is 0 Å². The molecule has 1 aromatic heterocycles. The summed E-state index contributed by atoms with van der Waals surface area (Å²) >= 11 is 0. The molecule has 12 heavy (non-hydrogen) atoms. The fourth-order valence-corrected chi connectivity index (χ4v) is 1.52. The maximum atomic E-state index is 5.60. The van der Waals surface area contributed by atoms with Crippen molar-refractivity contribution in [3.05, 3.63) is 11.8 Å². The Labute approximate surface area is 72.3 Å². The molecule has 2 heterocycles. The van der Waals surface area contributed by atoms with Crippen LogP contribution in [0.5, 0.6) is 5.88 Å². The summed E-state index contributed by atoms with van der Waals surface area (Å²) in [4.78, 5) is 0. The minimum Gasteiger partial charge on any atom is -0.477 e. The predicted molar refractivity (Wildman–Crippen MR) is 46.3 cm³/mol. The summed E-state index contributed by atoms with van der Waals surface area (Å²) < 4.78 is 7.56. The summed E-state index contributed by atoms with van der Waals surface area (Å²) in [5.41, 5.74) is 1.22. The van der Waals surface area contributed by atoms with Gasteiger partial charge in [0.25, 0.3) is 0 Å². The van der Waals surface area contributed by atoms with E-state index in [0.717, 1.165) is 25.5 Å². The monoisotopic (exact) mass is 166 g/mol. The van der Waals surface area contributed by atoms with Gasteiger partial charge in [0.1, 0.15) is 0 Å². The van der Waals surface area contributed by atoms with Crippen molar-refractivity contribution in [1.82, 2.24) is 9.78 Å². The van der Waals surface area contributed by atoms with Gasteiger partial charge in [-0.1, -0.05) is 13.8 Å². The highest BCUT2D eigenvalue weighted by atomic mass is 16.5.